The average Bonchev–Trinajstić information content (AvgIpc) is 2.12. The van der Waals surface area contributed by atoms with Gasteiger partial charge in [0.1, 0.15) is 0 Å². The Balaban J connectivity index is 2.94. The number of halogens is 1. The summed E-state index contributed by atoms with van der Waals surface area (Å²) in [7, 11) is 0. The minimum Gasteiger partial charge on any atom is -0.0613 e. The molecule has 2 aromatic rings. The fourth-order valence-electron chi connectivity index (χ4n) is 1.59. The Bertz CT molecular complexity index is 458. The van der Waals surface area contributed by atoms with E-state index in [1.54, 1.807) is 0 Å². The van der Waals surface area contributed by atoms with Crippen molar-refractivity contribution in [2.24, 2.45) is 0 Å². The lowest BCUT2D eigenvalue weighted by molar-refractivity contribution is 1.45. The van der Waals surface area contributed by atoms with Gasteiger partial charge in [-0.3, -0.25) is 0 Å². The zero-order valence-corrected chi connectivity index (χ0v) is 9.35. The Hall–Kier alpha value is -0.820. The molecule has 0 heterocycles. The van der Waals surface area contributed by atoms with E-state index in [1.165, 1.54) is 26.4 Å². The summed E-state index contributed by atoms with van der Waals surface area (Å²) in [6.45, 7) is 4.26. The van der Waals surface area contributed by atoms with Gasteiger partial charge in [-0.05, 0) is 51.7 Å². The molecule has 0 saturated carbocycles. The molecule has 0 spiro atoms. The molecule has 0 radical (unpaired) electrons. The standard InChI is InChI=1S/C12H11Br/c1-8-4-3-5-11-10(8)7-6-9(2)12(11)13/h3-7H,1-2H3. The molecule has 0 aromatic heterocycles. The molecule has 0 N–H and O–H groups in total. The molecule has 0 saturated heterocycles. The van der Waals surface area contributed by atoms with Crippen molar-refractivity contribution < 1.29 is 0 Å². The second kappa shape index (κ2) is 3.15. The smallest absolute Gasteiger partial charge is 0.0283 e. The number of fused-ring (bicyclic) bond motifs is 1. The van der Waals surface area contributed by atoms with Gasteiger partial charge in [0.05, 0.1) is 0 Å². The van der Waals surface area contributed by atoms with Crippen LogP contribution in [0, 0.1) is 13.8 Å². The molecule has 2 rings (SSSR count). The highest BCUT2D eigenvalue weighted by Gasteiger charge is 2.02. The lowest BCUT2D eigenvalue weighted by atomic mass is 10.0. The molecule has 13 heavy (non-hydrogen) atoms. The van der Waals surface area contributed by atoms with Crippen molar-refractivity contribution in [3.05, 3.63) is 45.9 Å². The summed E-state index contributed by atoms with van der Waals surface area (Å²) < 4.78 is 1.22. The van der Waals surface area contributed by atoms with Crippen molar-refractivity contribution in [2.75, 3.05) is 0 Å². The number of rotatable bonds is 0. The van der Waals surface area contributed by atoms with E-state index < -0.39 is 0 Å². The first-order valence-electron chi connectivity index (χ1n) is 4.34. The molecular weight excluding hydrogens is 224 g/mol. The average molecular weight is 235 g/mol. The minimum absolute atomic E-state index is 1.22. The van der Waals surface area contributed by atoms with E-state index in [9.17, 15) is 0 Å². The Morgan fingerprint density at radius 3 is 2.38 bits per heavy atom. The Kier molecular flexibility index (Phi) is 2.12. The highest BCUT2D eigenvalue weighted by Crippen LogP contribution is 2.28. The summed E-state index contributed by atoms with van der Waals surface area (Å²) >= 11 is 3.61. The summed E-state index contributed by atoms with van der Waals surface area (Å²) in [6, 6.07) is 10.7. The van der Waals surface area contributed by atoms with Crippen LogP contribution >= 0.6 is 15.9 Å². The normalized spacial score (nSPS) is 10.7. The van der Waals surface area contributed by atoms with Gasteiger partial charge in [-0.2, -0.15) is 0 Å². The minimum atomic E-state index is 1.22. The van der Waals surface area contributed by atoms with Gasteiger partial charge in [0.25, 0.3) is 0 Å². The van der Waals surface area contributed by atoms with Crippen LogP contribution < -0.4 is 0 Å². The molecule has 0 nitrogen and oxygen atoms in total. The van der Waals surface area contributed by atoms with Gasteiger partial charge in [-0.15, -0.1) is 0 Å². The number of aryl methyl sites for hydroxylation is 2. The maximum atomic E-state index is 3.61. The van der Waals surface area contributed by atoms with E-state index in [2.05, 4.69) is 60.1 Å². The number of hydrogen-bond donors (Lipinski definition) is 0. The maximum absolute atomic E-state index is 3.61. The predicted octanol–water partition coefficient (Wildman–Crippen LogP) is 4.22. The summed E-state index contributed by atoms with van der Waals surface area (Å²) in [5.74, 6) is 0. The Labute approximate surface area is 86.7 Å². The molecule has 0 aliphatic carbocycles. The molecule has 0 fully saturated rings. The first-order valence-corrected chi connectivity index (χ1v) is 5.14. The van der Waals surface area contributed by atoms with Gasteiger partial charge >= 0.3 is 0 Å². The summed E-state index contributed by atoms with van der Waals surface area (Å²) in [5, 5.41) is 2.64. The van der Waals surface area contributed by atoms with Crippen molar-refractivity contribution in [1.29, 1.82) is 0 Å². The van der Waals surface area contributed by atoms with E-state index in [0.717, 1.165) is 0 Å². The summed E-state index contributed by atoms with van der Waals surface area (Å²) in [5.41, 5.74) is 2.62. The first kappa shape index (κ1) is 8.76. The van der Waals surface area contributed by atoms with Gasteiger partial charge < -0.3 is 0 Å². The lowest BCUT2D eigenvalue weighted by Gasteiger charge is -2.05. The van der Waals surface area contributed by atoms with Gasteiger partial charge in [0.2, 0.25) is 0 Å². The third-order valence-electron chi connectivity index (χ3n) is 2.41. The second-order valence-electron chi connectivity index (χ2n) is 3.37. The van der Waals surface area contributed by atoms with Gasteiger partial charge in [-0.1, -0.05) is 30.3 Å². The van der Waals surface area contributed by atoms with Crippen LogP contribution in [0.4, 0.5) is 0 Å². The highest BCUT2D eigenvalue weighted by atomic mass is 79.9. The highest BCUT2D eigenvalue weighted by molar-refractivity contribution is 9.10. The van der Waals surface area contributed by atoms with Crippen LogP contribution in [0.1, 0.15) is 11.1 Å². The van der Waals surface area contributed by atoms with Crippen LogP contribution in [0.25, 0.3) is 10.8 Å². The molecular formula is C12H11Br. The van der Waals surface area contributed by atoms with Crippen LogP contribution in [-0.2, 0) is 0 Å². The fourth-order valence-corrected chi connectivity index (χ4v) is 2.07. The summed E-state index contributed by atoms with van der Waals surface area (Å²) in [4.78, 5) is 0. The van der Waals surface area contributed by atoms with Crippen molar-refractivity contribution >= 4 is 26.7 Å². The Morgan fingerprint density at radius 2 is 1.62 bits per heavy atom. The van der Waals surface area contributed by atoms with Crippen molar-refractivity contribution in [2.45, 2.75) is 13.8 Å². The van der Waals surface area contributed by atoms with Crippen LogP contribution in [0.5, 0.6) is 0 Å². The second-order valence-corrected chi connectivity index (χ2v) is 4.16. The molecule has 2 aromatic carbocycles. The van der Waals surface area contributed by atoms with E-state index in [1.807, 2.05) is 0 Å². The van der Waals surface area contributed by atoms with Gasteiger partial charge in [0.15, 0.2) is 0 Å². The third kappa shape index (κ3) is 1.37. The largest absolute Gasteiger partial charge is 0.0613 e. The SMILES string of the molecule is Cc1ccc2c(C)cccc2c1Br. The van der Waals surface area contributed by atoms with Crippen molar-refractivity contribution in [1.82, 2.24) is 0 Å². The predicted molar refractivity (Wildman–Crippen MR) is 61.1 cm³/mol. The van der Waals surface area contributed by atoms with E-state index in [0.29, 0.717) is 0 Å². The number of benzene rings is 2. The third-order valence-corrected chi connectivity index (χ3v) is 3.46. The molecule has 0 aliphatic heterocycles. The molecule has 0 amide bonds. The first-order chi connectivity index (χ1) is 6.20. The van der Waals surface area contributed by atoms with E-state index in [-0.39, 0.29) is 0 Å². The van der Waals surface area contributed by atoms with Crippen LogP contribution in [0.15, 0.2) is 34.8 Å². The summed E-state index contributed by atoms with van der Waals surface area (Å²) in [6.07, 6.45) is 0. The van der Waals surface area contributed by atoms with Gasteiger partial charge in [0, 0.05) is 4.47 Å². The van der Waals surface area contributed by atoms with Crippen molar-refractivity contribution in [3.8, 4) is 0 Å². The van der Waals surface area contributed by atoms with E-state index in [4.69, 9.17) is 0 Å². The van der Waals surface area contributed by atoms with E-state index >= 15 is 0 Å². The van der Waals surface area contributed by atoms with Crippen molar-refractivity contribution in [3.63, 3.8) is 0 Å². The van der Waals surface area contributed by atoms with Crippen LogP contribution in [-0.4, -0.2) is 0 Å². The monoisotopic (exact) mass is 234 g/mol. The quantitative estimate of drug-likeness (QED) is 0.641. The van der Waals surface area contributed by atoms with Crippen LogP contribution in [0.3, 0.4) is 0 Å². The van der Waals surface area contributed by atoms with Crippen LogP contribution in [0.2, 0.25) is 0 Å². The lowest BCUT2D eigenvalue weighted by Crippen LogP contribution is -1.82. The molecule has 66 valence electrons. The number of hydrogen-bond acceptors (Lipinski definition) is 0. The van der Waals surface area contributed by atoms with Gasteiger partial charge in [-0.25, -0.2) is 0 Å². The molecule has 0 aliphatic rings. The molecule has 1 heteroatoms. The Morgan fingerprint density at radius 1 is 0.846 bits per heavy atom. The zero-order chi connectivity index (χ0) is 9.42. The zero-order valence-electron chi connectivity index (χ0n) is 7.76. The molecule has 0 unspecified atom stereocenters. The fraction of sp³-hybridized carbons (Fsp3) is 0.167. The molecule has 0 atom stereocenters. The molecule has 0 bridgehead atoms. The maximum Gasteiger partial charge on any atom is 0.0283 e. The topological polar surface area (TPSA) is 0 Å².